The summed E-state index contributed by atoms with van der Waals surface area (Å²) in [7, 11) is 0. The Morgan fingerprint density at radius 2 is 2.11 bits per heavy atom. The number of fused-ring (bicyclic) bond motifs is 5. The zero-order chi connectivity index (χ0) is 12.9. The molecule has 0 aromatic carbocycles. The van der Waals surface area contributed by atoms with Gasteiger partial charge in [0, 0.05) is 12.0 Å². The molecular weight excluding hydrogens is 224 g/mol. The summed E-state index contributed by atoms with van der Waals surface area (Å²) in [4.78, 5) is 11.7. The maximum atomic E-state index is 11.7. The van der Waals surface area contributed by atoms with E-state index in [-0.39, 0.29) is 11.6 Å². The van der Waals surface area contributed by atoms with Gasteiger partial charge in [-0.25, -0.2) is 4.79 Å². The third-order valence-corrected chi connectivity index (χ3v) is 5.95. The molecule has 0 N–H and O–H groups in total. The number of hydrogen-bond donors (Lipinski definition) is 0. The molecule has 5 unspecified atom stereocenters. The lowest BCUT2D eigenvalue weighted by Crippen LogP contribution is -2.49. The van der Waals surface area contributed by atoms with Gasteiger partial charge >= 0.3 is 5.97 Å². The molecule has 5 atom stereocenters. The normalized spacial score (nSPS) is 45.3. The monoisotopic (exact) mass is 248 g/mol. The fourth-order valence-corrected chi connectivity index (χ4v) is 5.26. The highest BCUT2D eigenvalue weighted by Gasteiger charge is 2.63. The Morgan fingerprint density at radius 3 is 2.78 bits per heavy atom. The summed E-state index contributed by atoms with van der Waals surface area (Å²) >= 11 is 0. The standard InChI is InChI=1S/C16H24O2/c1-4-15(17)18-16(10(2)3)9-11-8-14(16)13-7-5-6-12(11)13/h4,10-14H,1,5-9H2,2-3H3. The van der Waals surface area contributed by atoms with Crippen LogP contribution in [0.2, 0.25) is 0 Å². The van der Waals surface area contributed by atoms with E-state index in [1.165, 1.54) is 31.8 Å². The first-order valence-electron chi connectivity index (χ1n) is 7.44. The highest BCUT2D eigenvalue weighted by Crippen LogP contribution is 2.65. The average Bonchev–Trinajstić information content (AvgIpc) is 2.98. The van der Waals surface area contributed by atoms with Crippen molar-refractivity contribution in [1.29, 1.82) is 0 Å². The number of carbonyl (C=O) groups excluding carboxylic acids is 1. The molecule has 3 aliphatic rings. The van der Waals surface area contributed by atoms with Gasteiger partial charge in [0.1, 0.15) is 5.60 Å². The summed E-state index contributed by atoms with van der Waals surface area (Å²) in [5.74, 6) is 3.36. The van der Waals surface area contributed by atoms with Gasteiger partial charge in [0.15, 0.2) is 0 Å². The van der Waals surface area contributed by atoms with Gasteiger partial charge in [-0.1, -0.05) is 26.8 Å². The van der Waals surface area contributed by atoms with Crippen molar-refractivity contribution in [3.63, 3.8) is 0 Å². The van der Waals surface area contributed by atoms with E-state index in [9.17, 15) is 4.79 Å². The Balaban J connectivity index is 1.88. The van der Waals surface area contributed by atoms with E-state index in [0.29, 0.717) is 11.8 Å². The van der Waals surface area contributed by atoms with Gasteiger partial charge < -0.3 is 4.74 Å². The molecule has 3 fully saturated rings. The Labute approximate surface area is 110 Å². The molecular formula is C16H24O2. The molecule has 18 heavy (non-hydrogen) atoms. The number of ether oxygens (including phenoxy) is 1. The fourth-order valence-electron chi connectivity index (χ4n) is 5.26. The van der Waals surface area contributed by atoms with Crippen LogP contribution in [0, 0.1) is 29.6 Å². The zero-order valence-electron chi connectivity index (χ0n) is 11.5. The number of rotatable bonds is 3. The van der Waals surface area contributed by atoms with Crippen molar-refractivity contribution < 1.29 is 9.53 Å². The molecule has 2 bridgehead atoms. The van der Waals surface area contributed by atoms with Gasteiger partial charge in [-0.3, -0.25) is 0 Å². The predicted octanol–water partition coefficient (Wildman–Crippen LogP) is 3.57. The van der Waals surface area contributed by atoms with Gasteiger partial charge in [-0.05, 0) is 49.4 Å². The minimum absolute atomic E-state index is 0.193. The SMILES string of the molecule is C=CC(=O)OC1(C(C)C)CC2CC1C1CCCC21. The van der Waals surface area contributed by atoms with Crippen molar-refractivity contribution in [2.45, 2.75) is 51.6 Å². The van der Waals surface area contributed by atoms with Crippen molar-refractivity contribution in [2.75, 3.05) is 0 Å². The lowest BCUT2D eigenvalue weighted by atomic mass is 9.68. The van der Waals surface area contributed by atoms with Crippen LogP contribution in [0.4, 0.5) is 0 Å². The summed E-state index contributed by atoms with van der Waals surface area (Å²) in [5.41, 5.74) is -0.193. The second-order valence-corrected chi connectivity index (χ2v) is 6.80. The van der Waals surface area contributed by atoms with Crippen LogP contribution in [0.5, 0.6) is 0 Å². The number of esters is 1. The molecule has 0 heterocycles. The van der Waals surface area contributed by atoms with E-state index in [1.807, 2.05) is 0 Å². The summed E-state index contributed by atoms with van der Waals surface area (Å²) < 4.78 is 5.89. The van der Waals surface area contributed by atoms with E-state index in [4.69, 9.17) is 4.74 Å². The molecule has 3 saturated carbocycles. The second-order valence-electron chi connectivity index (χ2n) is 6.80. The highest BCUT2D eigenvalue weighted by molar-refractivity contribution is 5.81. The van der Waals surface area contributed by atoms with Crippen LogP contribution in [-0.2, 0) is 9.53 Å². The average molecular weight is 248 g/mol. The van der Waals surface area contributed by atoms with Crippen molar-refractivity contribution >= 4 is 5.97 Å². The molecule has 2 heteroatoms. The third-order valence-electron chi connectivity index (χ3n) is 5.95. The minimum atomic E-state index is -0.231. The van der Waals surface area contributed by atoms with Crippen molar-refractivity contribution in [1.82, 2.24) is 0 Å². The van der Waals surface area contributed by atoms with E-state index < -0.39 is 0 Å². The Kier molecular flexibility index (Phi) is 2.80. The first-order valence-corrected chi connectivity index (χ1v) is 7.44. The van der Waals surface area contributed by atoms with Crippen molar-refractivity contribution in [3.8, 4) is 0 Å². The van der Waals surface area contributed by atoms with Crippen LogP contribution in [0.1, 0.15) is 46.0 Å². The lowest BCUT2D eigenvalue weighted by Gasteiger charge is -2.44. The molecule has 0 aliphatic heterocycles. The Bertz CT molecular complexity index is 373. The largest absolute Gasteiger partial charge is 0.455 e. The summed E-state index contributed by atoms with van der Waals surface area (Å²) in [6.45, 7) is 7.97. The molecule has 0 aromatic rings. The summed E-state index contributed by atoms with van der Waals surface area (Å²) in [6, 6.07) is 0. The van der Waals surface area contributed by atoms with E-state index in [0.717, 1.165) is 24.2 Å². The van der Waals surface area contributed by atoms with Crippen LogP contribution in [0.3, 0.4) is 0 Å². The van der Waals surface area contributed by atoms with Gasteiger partial charge in [0.05, 0.1) is 0 Å². The molecule has 100 valence electrons. The molecule has 3 aliphatic carbocycles. The molecule has 2 nitrogen and oxygen atoms in total. The van der Waals surface area contributed by atoms with Crippen LogP contribution in [0.25, 0.3) is 0 Å². The van der Waals surface area contributed by atoms with E-state index >= 15 is 0 Å². The van der Waals surface area contributed by atoms with E-state index in [1.54, 1.807) is 0 Å². The van der Waals surface area contributed by atoms with E-state index in [2.05, 4.69) is 20.4 Å². The van der Waals surface area contributed by atoms with Crippen LogP contribution in [-0.4, -0.2) is 11.6 Å². The van der Waals surface area contributed by atoms with Crippen molar-refractivity contribution in [3.05, 3.63) is 12.7 Å². The minimum Gasteiger partial charge on any atom is -0.455 e. The lowest BCUT2D eigenvalue weighted by molar-refractivity contribution is -0.171. The van der Waals surface area contributed by atoms with Crippen LogP contribution >= 0.6 is 0 Å². The quantitative estimate of drug-likeness (QED) is 0.564. The van der Waals surface area contributed by atoms with Gasteiger partial charge in [-0.2, -0.15) is 0 Å². The first-order chi connectivity index (χ1) is 8.58. The molecule has 0 saturated heterocycles. The second kappa shape index (κ2) is 4.11. The molecule has 0 radical (unpaired) electrons. The summed E-state index contributed by atoms with van der Waals surface area (Å²) in [5, 5.41) is 0. The van der Waals surface area contributed by atoms with Crippen LogP contribution < -0.4 is 0 Å². The third kappa shape index (κ3) is 1.50. The fraction of sp³-hybridized carbons (Fsp3) is 0.812. The molecule has 0 spiro atoms. The number of hydrogen-bond acceptors (Lipinski definition) is 2. The van der Waals surface area contributed by atoms with Gasteiger partial charge in [-0.15, -0.1) is 0 Å². The predicted molar refractivity (Wildman–Crippen MR) is 70.9 cm³/mol. The summed E-state index contributed by atoms with van der Waals surface area (Å²) in [6.07, 6.45) is 7.85. The van der Waals surface area contributed by atoms with Gasteiger partial charge in [0.25, 0.3) is 0 Å². The smallest absolute Gasteiger partial charge is 0.330 e. The van der Waals surface area contributed by atoms with Crippen LogP contribution in [0.15, 0.2) is 12.7 Å². The first kappa shape index (κ1) is 12.3. The molecule has 0 amide bonds. The topological polar surface area (TPSA) is 26.3 Å². The number of carbonyl (C=O) groups is 1. The van der Waals surface area contributed by atoms with Crippen molar-refractivity contribution in [2.24, 2.45) is 29.6 Å². The maximum absolute atomic E-state index is 11.7. The molecule has 3 rings (SSSR count). The highest BCUT2D eigenvalue weighted by atomic mass is 16.6. The molecule has 0 aromatic heterocycles. The maximum Gasteiger partial charge on any atom is 0.330 e. The van der Waals surface area contributed by atoms with Gasteiger partial charge in [0.2, 0.25) is 0 Å². The Hall–Kier alpha value is -0.790. The Morgan fingerprint density at radius 1 is 1.39 bits per heavy atom. The zero-order valence-corrected chi connectivity index (χ0v) is 11.5.